The fourth-order valence-corrected chi connectivity index (χ4v) is 0.536. The van der Waals surface area contributed by atoms with E-state index in [1.54, 1.807) is 41.5 Å². The number of rotatable bonds is 4. The summed E-state index contributed by atoms with van der Waals surface area (Å²) in [5.74, 6) is -1.22. The Morgan fingerprint density at radius 1 is 0.864 bits per heavy atom. The van der Waals surface area contributed by atoms with Gasteiger partial charge in [0.25, 0.3) is 0 Å². The van der Waals surface area contributed by atoms with Crippen LogP contribution in [0.1, 0.15) is 67.7 Å². The van der Waals surface area contributed by atoms with Gasteiger partial charge in [0.15, 0.2) is 0 Å². The van der Waals surface area contributed by atoms with Crippen LogP contribution in [-0.4, -0.2) is 52.5 Å². The van der Waals surface area contributed by atoms with Crippen LogP contribution in [0.25, 0.3) is 0 Å². The van der Waals surface area contributed by atoms with Crippen molar-refractivity contribution >= 4 is 29.1 Å². The first kappa shape index (κ1) is 33.2. The van der Waals surface area contributed by atoms with Crippen molar-refractivity contribution < 1.29 is 30.0 Å². The molecule has 0 bridgehead atoms. The number of Topliss-reactive ketones (excluding diaryl/α,β-unsaturated/α-hetero) is 1. The van der Waals surface area contributed by atoms with Crippen LogP contribution in [0.3, 0.4) is 0 Å². The van der Waals surface area contributed by atoms with Crippen LogP contribution in [0.15, 0.2) is 0 Å². The van der Waals surface area contributed by atoms with E-state index in [1.165, 1.54) is 0 Å². The predicted octanol–water partition coefficient (Wildman–Crippen LogP) is -0.285. The number of carboxylic acids is 1. The van der Waals surface area contributed by atoms with Gasteiger partial charge < -0.3 is 20.4 Å². The summed E-state index contributed by atoms with van der Waals surface area (Å²) in [6.07, 6.45) is -0.466. The molecule has 0 atom stereocenters. The maximum absolute atomic E-state index is 10.5. The number of carboxylic acid groups (broad SMARTS) is 1. The Balaban J connectivity index is -0.0000000632. The summed E-state index contributed by atoms with van der Waals surface area (Å²) < 4.78 is 0. The predicted molar refractivity (Wildman–Crippen MR) is 83.3 cm³/mol. The molecule has 0 fully saturated rings. The Bertz CT molecular complexity index is 208. The van der Waals surface area contributed by atoms with Gasteiger partial charge >= 0.3 is 23.3 Å². The molecule has 0 aromatic heterocycles. The molecule has 0 aromatic rings. The third kappa shape index (κ3) is 157. The van der Waals surface area contributed by atoms with Gasteiger partial charge in [-0.3, -0.25) is 9.59 Å². The van der Waals surface area contributed by atoms with Crippen molar-refractivity contribution in [1.29, 1.82) is 0 Å². The van der Waals surface area contributed by atoms with Crippen LogP contribution in [0.4, 0.5) is 0 Å². The standard InChI is InChI=1S/C6H10O3.3C3H7O.Al/c1-2-3-5(7)4-6(8)9;3*1-3(2)4;/h2-4H2,1H3,(H,8,9);3*3H,1-2H3;/q;3*-1;+3. The Hall–Kier alpha value is -0.448. The van der Waals surface area contributed by atoms with Gasteiger partial charge in [-0.25, -0.2) is 0 Å². The zero-order chi connectivity index (χ0) is 18.0. The van der Waals surface area contributed by atoms with Gasteiger partial charge in [-0.1, -0.05) is 48.5 Å². The molecular formula is C15H31AlO6. The third-order valence-electron chi connectivity index (χ3n) is 0.877. The molecule has 0 aliphatic carbocycles. The molecule has 0 saturated heterocycles. The van der Waals surface area contributed by atoms with Gasteiger partial charge in [0.2, 0.25) is 0 Å². The second-order valence-corrected chi connectivity index (χ2v) is 5.01. The molecule has 22 heavy (non-hydrogen) atoms. The largest absolute Gasteiger partial charge is 3.00 e. The zero-order valence-corrected chi connectivity index (χ0v) is 16.1. The minimum absolute atomic E-state index is 0. The van der Waals surface area contributed by atoms with E-state index in [2.05, 4.69) is 0 Å². The summed E-state index contributed by atoms with van der Waals surface area (Å²) in [4.78, 5) is 20.3. The van der Waals surface area contributed by atoms with E-state index in [0.717, 1.165) is 6.42 Å². The van der Waals surface area contributed by atoms with E-state index >= 15 is 0 Å². The number of hydrogen-bond donors (Lipinski definition) is 1. The summed E-state index contributed by atoms with van der Waals surface area (Å²) in [7, 11) is 0. The molecule has 0 aliphatic heterocycles. The third-order valence-corrected chi connectivity index (χ3v) is 0.877. The second kappa shape index (κ2) is 25.5. The Kier molecular flexibility index (Phi) is 38.5. The van der Waals surface area contributed by atoms with Crippen molar-refractivity contribution in [2.24, 2.45) is 0 Å². The van der Waals surface area contributed by atoms with Gasteiger partial charge in [0.05, 0.1) is 0 Å². The number of ketones is 1. The van der Waals surface area contributed by atoms with Crippen LogP contribution in [0.5, 0.6) is 0 Å². The monoisotopic (exact) mass is 334 g/mol. The molecule has 0 saturated carbocycles. The average molecular weight is 334 g/mol. The first-order valence-corrected chi connectivity index (χ1v) is 7.07. The zero-order valence-electron chi connectivity index (χ0n) is 14.9. The van der Waals surface area contributed by atoms with Crippen LogP contribution >= 0.6 is 0 Å². The summed E-state index contributed by atoms with van der Waals surface area (Å²) in [6, 6.07) is 0. The molecule has 0 heterocycles. The summed E-state index contributed by atoms with van der Waals surface area (Å²) >= 11 is 0. The van der Waals surface area contributed by atoms with Crippen LogP contribution in [0, 0.1) is 0 Å². The molecule has 6 nitrogen and oxygen atoms in total. The molecule has 0 rings (SSSR count). The van der Waals surface area contributed by atoms with E-state index in [-0.39, 0.29) is 29.6 Å². The maximum atomic E-state index is 10.5. The van der Waals surface area contributed by atoms with Crippen LogP contribution in [0.2, 0.25) is 0 Å². The normalized spacial score (nSPS) is 8.59. The van der Waals surface area contributed by atoms with Crippen molar-refractivity contribution in [3.63, 3.8) is 0 Å². The number of carbonyl (C=O) groups is 2. The Morgan fingerprint density at radius 2 is 1.09 bits per heavy atom. The van der Waals surface area contributed by atoms with Gasteiger partial charge in [-0.2, -0.15) is 0 Å². The molecule has 0 spiro atoms. The molecule has 0 unspecified atom stereocenters. The molecule has 7 heteroatoms. The van der Waals surface area contributed by atoms with Gasteiger partial charge in [-0.05, 0) is 6.42 Å². The summed E-state index contributed by atoms with van der Waals surface area (Å²) in [6.45, 7) is 11.5. The summed E-state index contributed by atoms with van der Waals surface area (Å²) in [5, 5.41) is 36.7. The van der Waals surface area contributed by atoms with Crippen LogP contribution < -0.4 is 15.3 Å². The molecule has 0 aromatic carbocycles. The Labute approximate surface area is 145 Å². The van der Waals surface area contributed by atoms with Gasteiger partial charge in [0.1, 0.15) is 12.2 Å². The fraction of sp³-hybridized carbons (Fsp3) is 0.867. The maximum Gasteiger partial charge on any atom is 3.00 e. The quantitative estimate of drug-likeness (QED) is 0.557. The van der Waals surface area contributed by atoms with Gasteiger partial charge in [0, 0.05) is 6.42 Å². The molecule has 0 radical (unpaired) electrons. The molecule has 1 N–H and O–H groups in total. The smallest absolute Gasteiger partial charge is 0.852 e. The van der Waals surface area contributed by atoms with Crippen molar-refractivity contribution in [3.05, 3.63) is 0 Å². The van der Waals surface area contributed by atoms with Crippen molar-refractivity contribution in [2.75, 3.05) is 0 Å². The van der Waals surface area contributed by atoms with Crippen LogP contribution in [-0.2, 0) is 9.59 Å². The Morgan fingerprint density at radius 3 is 1.23 bits per heavy atom. The minimum Gasteiger partial charge on any atom is -0.852 e. The average Bonchev–Trinajstić information content (AvgIpc) is 2.12. The van der Waals surface area contributed by atoms with E-state index in [0.29, 0.717) is 6.42 Å². The first-order valence-electron chi connectivity index (χ1n) is 7.07. The van der Waals surface area contributed by atoms with E-state index < -0.39 is 24.3 Å². The molecular weight excluding hydrogens is 303 g/mol. The first-order chi connectivity index (χ1) is 9.36. The number of aliphatic carboxylic acids is 1. The SMILES string of the molecule is CC(C)[O-].CC(C)[O-].CC(C)[O-].CCCC(=O)CC(=O)O.[Al+3]. The minimum atomic E-state index is -1.03. The van der Waals surface area contributed by atoms with E-state index in [9.17, 15) is 24.9 Å². The summed E-state index contributed by atoms with van der Waals surface area (Å²) in [5.41, 5.74) is 0. The number of carbonyl (C=O) groups excluding carboxylic acids is 1. The second-order valence-electron chi connectivity index (χ2n) is 5.01. The van der Waals surface area contributed by atoms with E-state index in [1.807, 2.05) is 6.92 Å². The molecule has 0 aliphatic rings. The fourth-order valence-electron chi connectivity index (χ4n) is 0.536. The van der Waals surface area contributed by atoms with E-state index in [4.69, 9.17) is 5.11 Å². The van der Waals surface area contributed by atoms with Crippen molar-refractivity contribution in [2.45, 2.75) is 86.0 Å². The van der Waals surface area contributed by atoms with Crippen molar-refractivity contribution in [3.8, 4) is 0 Å². The van der Waals surface area contributed by atoms with Gasteiger partial charge in [-0.15, -0.1) is 18.3 Å². The molecule has 130 valence electrons. The molecule has 0 amide bonds. The topological polar surface area (TPSA) is 124 Å². The van der Waals surface area contributed by atoms with Crippen molar-refractivity contribution in [1.82, 2.24) is 0 Å². The number of hydrogen-bond acceptors (Lipinski definition) is 5.